The maximum Gasteiger partial charge on any atom is 0.328 e. The van der Waals surface area contributed by atoms with Crippen molar-refractivity contribution in [3.63, 3.8) is 0 Å². The first kappa shape index (κ1) is 22.9. The van der Waals surface area contributed by atoms with E-state index in [1.165, 1.54) is 39.3 Å². The van der Waals surface area contributed by atoms with E-state index in [-0.39, 0.29) is 18.4 Å². The van der Waals surface area contributed by atoms with Crippen molar-refractivity contribution in [2.75, 3.05) is 14.2 Å². The highest BCUT2D eigenvalue weighted by molar-refractivity contribution is 5.90. The van der Waals surface area contributed by atoms with Crippen molar-refractivity contribution in [2.24, 2.45) is 0 Å². The number of benzene rings is 2. The molecule has 0 saturated carbocycles. The third-order valence-electron chi connectivity index (χ3n) is 4.45. The number of amides is 2. The largest absolute Gasteiger partial charge is 0.497 e. The Kier molecular flexibility index (Phi) is 8.34. The lowest BCUT2D eigenvalue weighted by molar-refractivity contribution is -0.145. The highest BCUT2D eigenvalue weighted by Crippen LogP contribution is 2.15. The molecule has 2 amide bonds. The summed E-state index contributed by atoms with van der Waals surface area (Å²) in [4.78, 5) is 36.7. The minimum Gasteiger partial charge on any atom is -0.497 e. The molecule has 0 unspecified atom stereocenters. The second-order valence-electron chi connectivity index (χ2n) is 6.69. The van der Waals surface area contributed by atoms with Crippen LogP contribution in [0, 0.1) is 5.82 Å². The number of hydrogen-bond acceptors (Lipinski definition) is 5. The predicted octanol–water partition coefficient (Wildman–Crippen LogP) is 1.78. The lowest BCUT2D eigenvalue weighted by Crippen LogP contribution is -2.53. The molecule has 2 aromatic carbocycles. The third-order valence-corrected chi connectivity index (χ3v) is 4.45. The van der Waals surface area contributed by atoms with Crippen molar-refractivity contribution in [1.29, 1.82) is 0 Å². The summed E-state index contributed by atoms with van der Waals surface area (Å²) >= 11 is 0. The molecule has 0 bridgehead atoms. The van der Waals surface area contributed by atoms with Crippen LogP contribution in [0.4, 0.5) is 4.39 Å². The molecule has 0 saturated heterocycles. The van der Waals surface area contributed by atoms with Crippen LogP contribution in [0.3, 0.4) is 0 Å². The van der Waals surface area contributed by atoms with Crippen molar-refractivity contribution in [3.8, 4) is 5.75 Å². The highest BCUT2D eigenvalue weighted by Gasteiger charge is 2.28. The number of ether oxygens (including phenoxy) is 2. The van der Waals surface area contributed by atoms with Gasteiger partial charge in [0.15, 0.2) is 0 Å². The van der Waals surface area contributed by atoms with Gasteiger partial charge >= 0.3 is 5.97 Å². The van der Waals surface area contributed by atoms with Crippen LogP contribution in [-0.2, 0) is 32.0 Å². The number of nitrogens with one attached hydrogen (secondary N) is 2. The fourth-order valence-corrected chi connectivity index (χ4v) is 2.98. The van der Waals surface area contributed by atoms with Gasteiger partial charge in [-0.2, -0.15) is 0 Å². The Morgan fingerprint density at radius 1 is 0.967 bits per heavy atom. The van der Waals surface area contributed by atoms with E-state index in [9.17, 15) is 18.8 Å². The molecule has 2 atom stereocenters. The monoisotopic (exact) mass is 416 g/mol. The molecule has 0 spiro atoms. The normalized spacial score (nSPS) is 12.4. The summed E-state index contributed by atoms with van der Waals surface area (Å²) in [7, 11) is 2.75. The second-order valence-corrected chi connectivity index (χ2v) is 6.69. The first-order chi connectivity index (χ1) is 14.3. The van der Waals surface area contributed by atoms with Gasteiger partial charge in [0.25, 0.3) is 0 Å². The van der Waals surface area contributed by atoms with Crippen LogP contribution < -0.4 is 15.4 Å². The Labute approximate surface area is 174 Å². The summed E-state index contributed by atoms with van der Waals surface area (Å²) in [5, 5.41) is 5.12. The Morgan fingerprint density at radius 3 is 2.33 bits per heavy atom. The number of esters is 1. The van der Waals surface area contributed by atoms with Gasteiger partial charge in [-0.3, -0.25) is 9.59 Å². The molecular weight excluding hydrogens is 391 g/mol. The quantitative estimate of drug-likeness (QED) is 0.608. The number of hydrogen-bond donors (Lipinski definition) is 2. The van der Waals surface area contributed by atoms with Gasteiger partial charge in [0.2, 0.25) is 11.8 Å². The van der Waals surface area contributed by atoms with E-state index in [4.69, 9.17) is 9.47 Å². The topological polar surface area (TPSA) is 93.7 Å². The summed E-state index contributed by atoms with van der Waals surface area (Å²) in [5.74, 6) is -1.58. The molecule has 0 aliphatic heterocycles. The summed E-state index contributed by atoms with van der Waals surface area (Å²) < 4.78 is 24.0. The summed E-state index contributed by atoms with van der Waals surface area (Å²) in [5.41, 5.74) is 1.02. The number of halogens is 1. The molecule has 0 heterocycles. The van der Waals surface area contributed by atoms with E-state index in [0.717, 1.165) is 5.56 Å². The lowest BCUT2D eigenvalue weighted by atomic mass is 10.0. The van der Waals surface area contributed by atoms with E-state index in [1.54, 1.807) is 30.3 Å². The Bertz CT molecular complexity index is 903. The van der Waals surface area contributed by atoms with Crippen LogP contribution >= 0.6 is 0 Å². The van der Waals surface area contributed by atoms with Gasteiger partial charge in [-0.25, -0.2) is 9.18 Å². The van der Waals surface area contributed by atoms with Crippen molar-refractivity contribution in [2.45, 2.75) is 31.8 Å². The zero-order chi connectivity index (χ0) is 22.1. The Balaban J connectivity index is 2.19. The van der Waals surface area contributed by atoms with Crippen molar-refractivity contribution >= 4 is 17.8 Å². The van der Waals surface area contributed by atoms with Crippen LogP contribution in [0.1, 0.15) is 18.1 Å². The van der Waals surface area contributed by atoms with Crippen LogP contribution in [0.2, 0.25) is 0 Å². The minimum absolute atomic E-state index is 0.0643. The van der Waals surface area contributed by atoms with Crippen LogP contribution in [0.5, 0.6) is 5.75 Å². The molecule has 0 aliphatic carbocycles. The predicted molar refractivity (Wildman–Crippen MR) is 108 cm³/mol. The average molecular weight is 416 g/mol. The van der Waals surface area contributed by atoms with Gasteiger partial charge in [0.1, 0.15) is 23.7 Å². The maximum atomic E-state index is 14.0. The Morgan fingerprint density at radius 2 is 1.70 bits per heavy atom. The van der Waals surface area contributed by atoms with Crippen LogP contribution in [0.15, 0.2) is 48.5 Å². The number of methoxy groups -OCH3 is 2. The number of carbonyl (C=O) groups is 3. The fraction of sp³-hybridized carbons (Fsp3) is 0.318. The molecule has 8 heteroatoms. The molecule has 0 aromatic heterocycles. The highest BCUT2D eigenvalue weighted by atomic mass is 19.1. The van der Waals surface area contributed by atoms with Crippen LogP contribution in [-0.4, -0.2) is 44.1 Å². The third kappa shape index (κ3) is 6.58. The van der Waals surface area contributed by atoms with Gasteiger partial charge in [-0.15, -0.1) is 0 Å². The molecule has 2 rings (SSSR count). The standard InChI is InChI=1S/C22H25FN2O5/c1-14(26)24-19(13-16-8-4-5-10-18(16)23)21(27)25-20(22(28)30-3)12-15-7-6-9-17(11-15)29-2/h4-11,19-20H,12-13H2,1-3H3,(H,24,26)(H,25,27)/t19-,20+/m0/s1. The molecule has 30 heavy (non-hydrogen) atoms. The molecule has 2 N–H and O–H groups in total. The van der Waals surface area contributed by atoms with Gasteiger partial charge in [0, 0.05) is 19.8 Å². The average Bonchev–Trinajstić information content (AvgIpc) is 2.73. The van der Waals surface area contributed by atoms with E-state index >= 15 is 0 Å². The molecule has 0 radical (unpaired) electrons. The molecule has 0 aliphatic rings. The summed E-state index contributed by atoms with van der Waals surface area (Å²) in [6, 6.07) is 11.0. The number of rotatable bonds is 9. The van der Waals surface area contributed by atoms with Gasteiger partial charge in [0.05, 0.1) is 14.2 Å². The van der Waals surface area contributed by atoms with E-state index < -0.39 is 35.7 Å². The zero-order valence-electron chi connectivity index (χ0n) is 17.1. The van der Waals surface area contributed by atoms with E-state index in [1.807, 2.05) is 0 Å². The molecule has 0 fully saturated rings. The Hall–Kier alpha value is -3.42. The smallest absolute Gasteiger partial charge is 0.328 e. The SMILES string of the molecule is COC(=O)[C@@H](Cc1cccc(OC)c1)NC(=O)[C@H](Cc1ccccc1F)NC(C)=O. The van der Waals surface area contributed by atoms with Gasteiger partial charge < -0.3 is 20.1 Å². The zero-order valence-corrected chi connectivity index (χ0v) is 17.1. The molecule has 160 valence electrons. The number of carbonyl (C=O) groups excluding carboxylic acids is 3. The second kappa shape index (κ2) is 10.9. The summed E-state index contributed by atoms with van der Waals surface area (Å²) in [6.07, 6.45) is 0.0905. The molecular formula is C22H25FN2O5. The van der Waals surface area contributed by atoms with Crippen molar-refractivity contribution in [1.82, 2.24) is 10.6 Å². The van der Waals surface area contributed by atoms with Crippen LogP contribution in [0.25, 0.3) is 0 Å². The van der Waals surface area contributed by atoms with E-state index in [2.05, 4.69) is 10.6 Å². The first-order valence-electron chi connectivity index (χ1n) is 9.35. The van der Waals surface area contributed by atoms with Gasteiger partial charge in [-0.1, -0.05) is 30.3 Å². The van der Waals surface area contributed by atoms with Gasteiger partial charge in [-0.05, 0) is 29.3 Å². The maximum absolute atomic E-state index is 14.0. The molecule has 7 nitrogen and oxygen atoms in total. The van der Waals surface area contributed by atoms with E-state index in [0.29, 0.717) is 5.75 Å². The summed E-state index contributed by atoms with van der Waals surface area (Å²) in [6.45, 7) is 1.26. The van der Waals surface area contributed by atoms with Crippen molar-refractivity contribution < 1.29 is 28.2 Å². The van der Waals surface area contributed by atoms with Crippen molar-refractivity contribution in [3.05, 3.63) is 65.5 Å². The lowest BCUT2D eigenvalue weighted by Gasteiger charge is -2.22. The molecule has 2 aromatic rings. The minimum atomic E-state index is -1.06. The fourth-order valence-electron chi connectivity index (χ4n) is 2.98. The first-order valence-corrected chi connectivity index (χ1v) is 9.35.